The number of benzene rings is 2. The van der Waals surface area contributed by atoms with Crippen LogP contribution in [-0.2, 0) is 10.0 Å². The Kier molecular flexibility index (Phi) is 4.10. The Morgan fingerprint density at radius 2 is 1.76 bits per heavy atom. The fourth-order valence-electron chi connectivity index (χ4n) is 1.66. The van der Waals surface area contributed by atoms with E-state index < -0.39 is 21.7 Å². The average molecular weight is 313 g/mol. The third kappa shape index (κ3) is 3.29. The van der Waals surface area contributed by atoms with Crippen LogP contribution in [0.3, 0.4) is 0 Å². The first-order valence-corrected chi connectivity index (χ1v) is 7.37. The van der Waals surface area contributed by atoms with Crippen LogP contribution in [0.2, 0.25) is 0 Å². The molecule has 0 aliphatic heterocycles. The lowest BCUT2D eigenvalue weighted by atomic mass is 10.2. The molecule has 4 N–H and O–H groups in total. The molecule has 2 aromatic rings. The number of sulfonamides is 1. The van der Waals surface area contributed by atoms with E-state index in [1.165, 1.54) is 31.3 Å². The number of anilines is 3. The van der Waals surface area contributed by atoms with Crippen LogP contribution in [0.15, 0.2) is 41.3 Å². The Morgan fingerprint density at radius 3 is 2.38 bits per heavy atom. The molecule has 0 aliphatic rings. The monoisotopic (exact) mass is 313 g/mol. The molecule has 2 aromatic carbocycles. The van der Waals surface area contributed by atoms with Crippen molar-refractivity contribution >= 4 is 27.1 Å². The van der Waals surface area contributed by atoms with E-state index in [0.29, 0.717) is 0 Å². The Bertz CT molecular complexity index is 779. The second-order valence-corrected chi connectivity index (χ2v) is 6.10. The zero-order valence-electron chi connectivity index (χ0n) is 11.0. The Hall–Kier alpha value is -2.19. The van der Waals surface area contributed by atoms with Gasteiger partial charge in [0.05, 0.1) is 16.3 Å². The molecule has 112 valence electrons. The van der Waals surface area contributed by atoms with Crippen molar-refractivity contribution in [2.45, 2.75) is 4.90 Å². The largest absolute Gasteiger partial charge is 0.397 e. The maximum atomic E-state index is 13.2. The van der Waals surface area contributed by atoms with Crippen molar-refractivity contribution in [3.8, 4) is 0 Å². The van der Waals surface area contributed by atoms with Gasteiger partial charge in [0.15, 0.2) is 11.6 Å². The number of rotatable bonds is 4. The van der Waals surface area contributed by atoms with Crippen LogP contribution in [0, 0.1) is 11.6 Å². The summed E-state index contributed by atoms with van der Waals surface area (Å²) in [6, 6.07) is 7.29. The topological polar surface area (TPSA) is 84.2 Å². The van der Waals surface area contributed by atoms with Crippen LogP contribution in [0.25, 0.3) is 0 Å². The lowest BCUT2D eigenvalue weighted by molar-refractivity contribution is 0.509. The van der Waals surface area contributed by atoms with Gasteiger partial charge in [-0.2, -0.15) is 0 Å². The van der Waals surface area contributed by atoms with Crippen molar-refractivity contribution < 1.29 is 17.2 Å². The third-order valence-corrected chi connectivity index (χ3v) is 4.21. The van der Waals surface area contributed by atoms with E-state index in [4.69, 9.17) is 5.73 Å². The van der Waals surface area contributed by atoms with Crippen molar-refractivity contribution in [3.63, 3.8) is 0 Å². The van der Waals surface area contributed by atoms with Gasteiger partial charge in [-0.1, -0.05) is 0 Å². The van der Waals surface area contributed by atoms with Gasteiger partial charge in [-0.05, 0) is 37.4 Å². The molecule has 0 heterocycles. The lowest BCUT2D eigenvalue weighted by Crippen LogP contribution is -2.18. The molecule has 0 saturated carbocycles. The van der Waals surface area contributed by atoms with Crippen LogP contribution >= 0.6 is 0 Å². The minimum atomic E-state index is -3.62. The fourth-order valence-corrected chi connectivity index (χ4v) is 2.41. The zero-order valence-corrected chi connectivity index (χ0v) is 11.8. The van der Waals surface area contributed by atoms with Crippen molar-refractivity contribution in [2.24, 2.45) is 0 Å². The van der Waals surface area contributed by atoms with Crippen LogP contribution in [0.5, 0.6) is 0 Å². The van der Waals surface area contributed by atoms with E-state index in [2.05, 4.69) is 10.0 Å². The summed E-state index contributed by atoms with van der Waals surface area (Å²) in [5, 5.41) is 2.75. The van der Waals surface area contributed by atoms with Crippen LogP contribution in [0.4, 0.5) is 25.8 Å². The standard InChI is InChI=1S/C13H13F2N3O2S/c1-17-21(19,20)9-3-5-12(16)13(7-9)18-8-2-4-10(14)11(15)6-8/h2-7,17-18H,16H2,1H3. The van der Waals surface area contributed by atoms with Gasteiger partial charge in [0, 0.05) is 11.8 Å². The molecule has 0 saturated heterocycles. The number of nitrogens with one attached hydrogen (secondary N) is 2. The maximum absolute atomic E-state index is 13.2. The first kappa shape index (κ1) is 15.2. The Balaban J connectivity index is 2.39. The number of hydrogen-bond donors (Lipinski definition) is 3. The van der Waals surface area contributed by atoms with Crippen molar-refractivity contribution in [1.82, 2.24) is 4.72 Å². The van der Waals surface area contributed by atoms with E-state index in [9.17, 15) is 17.2 Å². The van der Waals surface area contributed by atoms with Crippen LogP contribution < -0.4 is 15.8 Å². The second kappa shape index (κ2) is 5.66. The number of halogens is 2. The van der Waals surface area contributed by atoms with Crippen molar-refractivity contribution in [2.75, 3.05) is 18.1 Å². The average Bonchev–Trinajstić information content (AvgIpc) is 2.45. The molecule has 0 spiro atoms. The third-order valence-electron chi connectivity index (χ3n) is 2.80. The van der Waals surface area contributed by atoms with E-state index in [1.807, 2.05) is 0 Å². The van der Waals surface area contributed by atoms with E-state index >= 15 is 0 Å². The summed E-state index contributed by atoms with van der Waals surface area (Å²) >= 11 is 0. The molecule has 0 atom stereocenters. The van der Waals surface area contributed by atoms with Gasteiger partial charge in [-0.3, -0.25) is 0 Å². The predicted molar refractivity (Wildman–Crippen MR) is 76.7 cm³/mol. The molecule has 0 radical (unpaired) electrons. The molecule has 0 fully saturated rings. The quantitative estimate of drug-likeness (QED) is 0.756. The molecule has 0 unspecified atom stereocenters. The number of hydrogen-bond acceptors (Lipinski definition) is 4. The summed E-state index contributed by atoms with van der Waals surface area (Å²) in [6.45, 7) is 0. The molecule has 5 nitrogen and oxygen atoms in total. The first-order valence-electron chi connectivity index (χ1n) is 5.88. The summed E-state index contributed by atoms with van der Waals surface area (Å²) in [4.78, 5) is 0.00397. The first-order chi connectivity index (χ1) is 9.83. The molecule has 8 heteroatoms. The second-order valence-electron chi connectivity index (χ2n) is 4.21. The summed E-state index contributed by atoms with van der Waals surface area (Å²) < 4.78 is 51.7. The highest BCUT2D eigenvalue weighted by molar-refractivity contribution is 7.89. The Labute approximate surface area is 120 Å². The number of nitrogen functional groups attached to an aromatic ring is 1. The normalized spacial score (nSPS) is 11.4. The zero-order chi connectivity index (χ0) is 15.6. The molecule has 2 rings (SSSR count). The van der Waals surface area contributed by atoms with Crippen LogP contribution in [-0.4, -0.2) is 15.5 Å². The molecular formula is C13H13F2N3O2S. The summed E-state index contributed by atoms with van der Waals surface area (Å²) in [6.07, 6.45) is 0. The van der Waals surface area contributed by atoms with Crippen molar-refractivity contribution in [3.05, 3.63) is 48.0 Å². The molecular weight excluding hydrogens is 300 g/mol. The molecule has 0 aromatic heterocycles. The van der Waals surface area contributed by atoms with Gasteiger partial charge >= 0.3 is 0 Å². The van der Waals surface area contributed by atoms with Gasteiger partial charge in [0.2, 0.25) is 10.0 Å². The maximum Gasteiger partial charge on any atom is 0.240 e. The minimum Gasteiger partial charge on any atom is -0.397 e. The summed E-state index contributed by atoms with van der Waals surface area (Å²) in [7, 11) is -2.34. The fraction of sp³-hybridized carbons (Fsp3) is 0.0769. The van der Waals surface area contributed by atoms with Gasteiger partial charge < -0.3 is 11.1 Å². The Morgan fingerprint density at radius 1 is 1.05 bits per heavy atom. The lowest BCUT2D eigenvalue weighted by Gasteiger charge is -2.11. The molecule has 21 heavy (non-hydrogen) atoms. The van der Waals surface area contributed by atoms with E-state index in [0.717, 1.165) is 12.1 Å². The summed E-state index contributed by atoms with van der Waals surface area (Å²) in [5.74, 6) is -1.99. The van der Waals surface area contributed by atoms with Gasteiger partial charge in [0.25, 0.3) is 0 Å². The minimum absolute atomic E-state index is 0.00397. The summed E-state index contributed by atoms with van der Waals surface area (Å²) in [5.41, 5.74) is 6.54. The van der Waals surface area contributed by atoms with Gasteiger partial charge in [0.1, 0.15) is 0 Å². The molecule has 0 amide bonds. The highest BCUT2D eigenvalue weighted by Crippen LogP contribution is 2.27. The molecule has 0 aliphatic carbocycles. The number of nitrogens with two attached hydrogens (primary N) is 1. The van der Waals surface area contributed by atoms with E-state index in [-0.39, 0.29) is 22.0 Å². The smallest absolute Gasteiger partial charge is 0.240 e. The predicted octanol–water partition coefficient (Wildman–Crippen LogP) is 2.20. The molecule has 0 bridgehead atoms. The van der Waals surface area contributed by atoms with Crippen LogP contribution in [0.1, 0.15) is 0 Å². The SMILES string of the molecule is CNS(=O)(=O)c1ccc(N)c(Nc2ccc(F)c(F)c2)c1. The van der Waals surface area contributed by atoms with Crippen molar-refractivity contribution in [1.29, 1.82) is 0 Å². The van der Waals surface area contributed by atoms with E-state index in [1.54, 1.807) is 0 Å². The van der Waals surface area contributed by atoms with Gasteiger partial charge in [-0.15, -0.1) is 0 Å². The highest BCUT2D eigenvalue weighted by Gasteiger charge is 2.13. The highest BCUT2D eigenvalue weighted by atomic mass is 32.2. The van der Waals surface area contributed by atoms with Gasteiger partial charge in [-0.25, -0.2) is 21.9 Å².